The van der Waals surface area contributed by atoms with Crippen molar-refractivity contribution in [2.24, 2.45) is 5.92 Å². The Balaban J connectivity index is 1.41. The molecule has 0 bridgehead atoms. The van der Waals surface area contributed by atoms with Crippen molar-refractivity contribution in [2.45, 2.75) is 45.9 Å². The SMILES string of the molecule is CC(C)Cn1cnc2cc(C(=O)N3CCCC(OCc4ccccn4)C3)cnc21. The number of rotatable bonds is 6. The largest absolute Gasteiger partial charge is 0.370 e. The monoisotopic (exact) mass is 393 g/mol. The molecule has 1 atom stereocenters. The van der Waals surface area contributed by atoms with Crippen LogP contribution in [-0.2, 0) is 17.9 Å². The molecule has 1 unspecified atom stereocenters. The van der Waals surface area contributed by atoms with E-state index in [-0.39, 0.29) is 12.0 Å². The fraction of sp³-hybridized carbons (Fsp3) is 0.455. The summed E-state index contributed by atoms with van der Waals surface area (Å²) in [6.45, 7) is 6.97. The topological polar surface area (TPSA) is 73.1 Å². The molecule has 29 heavy (non-hydrogen) atoms. The van der Waals surface area contributed by atoms with Crippen LogP contribution in [0, 0.1) is 5.92 Å². The third-order valence-electron chi connectivity index (χ3n) is 5.12. The minimum absolute atomic E-state index is 0.0102. The van der Waals surface area contributed by atoms with Crippen molar-refractivity contribution < 1.29 is 9.53 Å². The van der Waals surface area contributed by atoms with Gasteiger partial charge in [0, 0.05) is 32.0 Å². The Morgan fingerprint density at radius 3 is 2.97 bits per heavy atom. The number of carbonyl (C=O) groups is 1. The van der Waals surface area contributed by atoms with Gasteiger partial charge >= 0.3 is 0 Å². The molecule has 0 N–H and O–H groups in total. The third-order valence-corrected chi connectivity index (χ3v) is 5.12. The van der Waals surface area contributed by atoms with E-state index in [1.807, 2.05) is 33.7 Å². The van der Waals surface area contributed by atoms with Gasteiger partial charge in [-0.15, -0.1) is 0 Å². The molecule has 0 aromatic carbocycles. The van der Waals surface area contributed by atoms with E-state index in [4.69, 9.17) is 4.74 Å². The van der Waals surface area contributed by atoms with Crippen LogP contribution in [0.1, 0.15) is 42.7 Å². The quantitative estimate of drug-likeness (QED) is 0.642. The average Bonchev–Trinajstić information content (AvgIpc) is 3.14. The van der Waals surface area contributed by atoms with E-state index in [1.54, 1.807) is 18.7 Å². The van der Waals surface area contributed by atoms with Crippen LogP contribution in [0.25, 0.3) is 11.2 Å². The molecule has 1 fully saturated rings. The number of pyridine rings is 2. The lowest BCUT2D eigenvalue weighted by Gasteiger charge is -2.32. The minimum Gasteiger partial charge on any atom is -0.370 e. The highest BCUT2D eigenvalue weighted by Crippen LogP contribution is 2.19. The normalized spacial score (nSPS) is 17.2. The summed E-state index contributed by atoms with van der Waals surface area (Å²) in [5, 5.41) is 0. The van der Waals surface area contributed by atoms with E-state index in [0.717, 1.165) is 42.8 Å². The number of imidazole rings is 1. The first kappa shape index (κ1) is 19.5. The number of nitrogens with zero attached hydrogens (tertiary/aromatic N) is 5. The van der Waals surface area contributed by atoms with E-state index in [9.17, 15) is 4.79 Å². The second kappa shape index (κ2) is 8.69. The number of hydrogen-bond donors (Lipinski definition) is 0. The number of amides is 1. The van der Waals surface area contributed by atoms with E-state index >= 15 is 0 Å². The average molecular weight is 393 g/mol. The van der Waals surface area contributed by atoms with Gasteiger partial charge in [0.15, 0.2) is 5.65 Å². The van der Waals surface area contributed by atoms with Gasteiger partial charge in [0.1, 0.15) is 5.52 Å². The second-order valence-corrected chi connectivity index (χ2v) is 8.00. The van der Waals surface area contributed by atoms with Gasteiger partial charge in [-0.05, 0) is 37.0 Å². The molecule has 7 heteroatoms. The Morgan fingerprint density at radius 2 is 2.17 bits per heavy atom. The molecule has 0 saturated carbocycles. The number of aromatic nitrogens is 4. The third kappa shape index (κ3) is 4.62. The lowest BCUT2D eigenvalue weighted by atomic mass is 10.1. The molecular weight excluding hydrogens is 366 g/mol. The zero-order chi connectivity index (χ0) is 20.2. The Kier molecular flexibility index (Phi) is 5.85. The van der Waals surface area contributed by atoms with Gasteiger partial charge in [-0.2, -0.15) is 0 Å². The van der Waals surface area contributed by atoms with Crippen molar-refractivity contribution in [2.75, 3.05) is 13.1 Å². The summed E-state index contributed by atoms with van der Waals surface area (Å²) in [7, 11) is 0. The molecule has 152 valence electrons. The highest BCUT2D eigenvalue weighted by Gasteiger charge is 2.25. The summed E-state index contributed by atoms with van der Waals surface area (Å²) in [6, 6.07) is 7.64. The maximum Gasteiger partial charge on any atom is 0.255 e. The first-order chi connectivity index (χ1) is 14.1. The van der Waals surface area contributed by atoms with Gasteiger partial charge in [-0.1, -0.05) is 19.9 Å². The van der Waals surface area contributed by atoms with Gasteiger partial charge in [-0.3, -0.25) is 9.78 Å². The number of ether oxygens (including phenoxy) is 1. The maximum absolute atomic E-state index is 13.0. The lowest BCUT2D eigenvalue weighted by Crippen LogP contribution is -2.43. The van der Waals surface area contributed by atoms with Gasteiger partial charge in [0.2, 0.25) is 0 Å². The van der Waals surface area contributed by atoms with E-state index < -0.39 is 0 Å². The smallest absolute Gasteiger partial charge is 0.255 e. The molecule has 1 aliphatic heterocycles. The highest BCUT2D eigenvalue weighted by atomic mass is 16.5. The highest BCUT2D eigenvalue weighted by molar-refractivity contribution is 5.96. The summed E-state index contributed by atoms with van der Waals surface area (Å²) < 4.78 is 8.05. The fourth-order valence-electron chi connectivity index (χ4n) is 3.72. The molecule has 7 nitrogen and oxygen atoms in total. The van der Waals surface area contributed by atoms with Gasteiger partial charge in [0.25, 0.3) is 5.91 Å². The summed E-state index contributed by atoms with van der Waals surface area (Å²) in [5.74, 6) is 0.496. The van der Waals surface area contributed by atoms with Crippen molar-refractivity contribution in [3.63, 3.8) is 0 Å². The first-order valence-electron chi connectivity index (χ1n) is 10.2. The predicted octanol–water partition coefficient (Wildman–Crippen LogP) is 3.30. The fourth-order valence-corrected chi connectivity index (χ4v) is 3.72. The molecule has 1 aliphatic rings. The van der Waals surface area contributed by atoms with Gasteiger partial charge in [-0.25, -0.2) is 9.97 Å². The number of hydrogen-bond acceptors (Lipinski definition) is 5. The van der Waals surface area contributed by atoms with E-state index in [2.05, 4.69) is 28.8 Å². The van der Waals surface area contributed by atoms with Crippen LogP contribution >= 0.6 is 0 Å². The Labute approximate surface area is 170 Å². The summed E-state index contributed by atoms with van der Waals surface area (Å²) >= 11 is 0. The van der Waals surface area contributed by atoms with Crippen molar-refractivity contribution in [1.29, 1.82) is 0 Å². The van der Waals surface area contributed by atoms with Crippen molar-refractivity contribution >= 4 is 17.1 Å². The molecule has 1 saturated heterocycles. The summed E-state index contributed by atoms with van der Waals surface area (Å²) in [6.07, 6.45) is 7.14. The van der Waals surface area contributed by atoms with Crippen LogP contribution in [0.15, 0.2) is 43.0 Å². The standard InChI is InChI=1S/C22H27N5O2/c1-16(2)12-27-15-25-20-10-17(11-24-21(20)27)22(28)26-9-5-7-19(13-26)29-14-18-6-3-4-8-23-18/h3-4,6,8,10-11,15-16,19H,5,7,9,12-14H2,1-2H3. The van der Waals surface area contributed by atoms with E-state index in [1.165, 1.54) is 0 Å². The molecule has 1 amide bonds. The number of likely N-dealkylation sites (tertiary alicyclic amines) is 1. The Morgan fingerprint density at radius 1 is 1.28 bits per heavy atom. The molecule has 0 radical (unpaired) electrons. The summed E-state index contributed by atoms with van der Waals surface area (Å²) in [5.41, 5.74) is 3.07. The molecular formula is C22H27N5O2. The first-order valence-corrected chi connectivity index (χ1v) is 10.2. The zero-order valence-electron chi connectivity index (χ0n) is 17.0. The number of carbonyl (C=O) groups excluding carboxylic acids is 1. The van der Waals surface area contributed by atoms with Crippen LogP contribution in [0.5, 0.6) is 0 Å². The summed E-state index contributed by atoms with van der Waals surface area (Å²) in [4.78, 5) is 28.1. The molecule has 3 aromatic rings. The Hall–Kier alpha value is -2.80. The molecule has 0 spiro atoms. The number of fused-ring (bicyclic) bond motifs is 1. The van der Waals surface area contributed by atoms with Crippen molar-refractivity contribution in [1.82, 2.24) is 24.4 Å². The Bertz CT molecular complexity index is 970. The van der Waals surface area contributed by atoms with Crippen LogP contribution < -0.4 is 0 Å². The van der Waals surface area contributed by atoms with Gasteiger partial charge < -0.3 is 14.2 Å². The molecule has 4 heterocycles. The zero-order valence-corrected chi connectivity index (χ0v) is 17.0. The predicted molar refractivity (Wildman–Crippen MR) is 110 cm³/mol. The lowest BCUT2D eigenvalue weighted by molar-refractivity contribution is -0.00785. The van der Waals surface area contributed by atoms with Crippen LogP contribution in [0.4, 0.5) is 0 Å². The molecule has 3 aromatic heterocycles. The molecule has 4 rings (SSSR count). The van der Waals surface area contributed by atoms with Gasteiger partial charge in [0.05, 0.1) is 30.3 Å². The van der Waals surface area contributed by atoms with Crippen molar-refractivity contribution in [3.8, 4) is 0 Å². The van der Waals surface area contributed by atoms with E-state index in [0.29, 0.717) is 24.6 Å². The number of piperidine rings is 1. The van der Waals surface area contributed by atoms with Crippen LogP contribution in [-0.4, -0.2) is 49.5 Å². The minimum atomic E-state index is -0.0102. The maximum atomic E-state index is 13.0. The molecule has 0 aliphatic carbocycles. The second-order valence-electron chi connectivity index (χ2n) is 8.00. The van der Waals surface area contributed by atoms with Crippen LogP contribution in [0.3, 0.4) is 0 Å². The van der Waals surface area contributed by atoms with Crippen molar-refractivity contribution in [3.05, 3.63) is 54.2 Å². The van der Waals surface area contributed by atoms with Crippen LogP contribution in [0.2, 0.25) is 0 Å².